The summed E-state index contributed by atoms with van der Waals surface area (Å²) in [5.41, 5.74) is 2.81. The number of hydrogen-bond acceptors (Lipinski definition) is 5. The van der Waals surface area contributed by atoms with Crippen LogP contribution in [0.1, 0.15) is 21.5 Å². The predicted molar refractivity (Wildman–Crippen MR) is 95.0 cm³/mol. The van der Waals surface area contributed by atoms with Gasteiger partial charge >= 0.3 is 0 Å². The first-order chi connectivity index (χ1) is 11.2. The summed E-state index contributed by atoms with van der Waals surface area (Å²) in [5, 5.41) is 6.54. The zero-order valence-corrected chi connectivity index (χ0v) is 14.2. The highest BCUT2D eigenvalue weighted by Crippen LogP contribution is 2.27. The zero-order chi connectivity index (χ0) is 16.1. The van der Waals surface area contributed by atoms with Gasteiger partial charge in [0.1, 0.15) is 5.03 Å². The Balaban J connectivity index is 1.75. The largest absolute Gasteiger partial charge is 0.313 e. The van der Waals surface area contributed by atoms with Crippen LogP contribution in [0.2, 0.25) is 0 Å². The summed E-state index contributed by atoms with van der Waals surface area (Å²) in [6, 6.07) is 9.50. The number of thioether (sulfide) groups is 1. The molecule has 0 saturated carbocycles. The minimum absolute atomic E-state index is 0.124. The van der Waals surface area contributed by atoms with Crippen LogP contribution in [0.3, 0.4) is 0 Å². The van der Waals surface area contributed by atoms with Crippen molar-refractivity contribution in [3.05, 3.63) is 71.0 Å². The fraction of sp³-hybridized carbons (Fsp3) is 0.118. The van der Waals surface area contributed by atoms with E-state index < -0.39 is 0 Å². The number of amides is 1. The van der Waals surface area contributed by atoms with Crippen molar-refractivity contribution in [2.45, 2.75) is 17.7 Å². The van der Waals surface area contributed by atoms with Crippen molar-refractivity contribution < 1.29 is 4.79 Å². The topological polar surface area (TPSA) is 54.9 Å². The van der Waals surface area contributed by atoms with Gasteiger partial charge in [0.2, 0.25) is 0 Å². The molecule has 23 heavy (non-hydrogen) atoms. The SMILES string of the molecule is Cc1ccsc1NC(=O)c1cccnc1SCc1ccncc1. The standard InChI is InChI=1S/C17H15N3OS2/c1-12-6-10-22-16(12)20-15(21)14-3-2-7-19-17(14)23-11-13-4-8-18-9-5-13/h2-10H,11H2,1H3,(H,20,21). The first kappa shape index (κ1) is 15.7. The Hall–Kier alpha value is -2.18. The van der Waals surface area contributed by atoms with Gasteiger partial charge in [-0.3, -0.25) is 9.78 Å². The minimum atomic E-state index is -0.124. The summed E-state index contributed by atoms with van der Waals surface area (Å²) in [6.07, 6.45) is 5.24. The summed E-state index contributed by atoms with van der Waals surface area (Å²) in [6.45, 7) is 1.98. The third-order valence-corrected chi connectivity index (χ3v) is 5.24. The van der Waals surface area contributed by atoms with Gasteiger partial charge in [-0.1, -0.05) is 0 Å². The number of pyridine rings is 2. The monoisotopic (exact) mass is 341 g/mol. The lowest BCUT2D eigenvalue weighted by Gasteiger charge is -2.08. The van der Waals surface area contributed by atoms with E-state index in [1.807, 2.05) is 30.5 Å². The molecule has 4 nitrogen and oxygen atoms in total. The van der Waals surface area contributed by atoms with Gasteiger partial charge in [-0.25, -0.2) is 4.98 Å². The number of nitrogens with one attached hydrogen (secondary N) is 1. The maximum Gasteiger partial charge on any atom is 0.259 e. The van der Waals surface area contributed by atoms with Crippen molar-refractivity contribution in [1.82, 2.24) is 9.97 Å². The van der Waals surface area contributed by atoms with E-state index in [9.17, 15) is 4.79 Å². The molecule has 0 saturated heterocycles. The number of carbonyl (C=O) groups excluding carboxylic acids is 1. The fourth-order valence-electron chi connectivity index (χ4n) is 1.98. The molecule has 1 N–H and O–H groups in total. The van der Waals surface area contributed by atoms with Crippen LogP contribution in [-0.4, -0.2) is 15.9 Å². The maximum absolute atomic E-state index is 12.5. The second-order valence-electron chi connectivity index (χ2n) is 4.89. The lowest BCUT2D eigenvalue weighted by Crippen LogP contribution is -2.13. The van der Waals surface area contributed by atoms with Crippen molar-refractivity contribution in [3.63, 3.8) is 0 Å². The molecule has 3 heterocycles. The lowest BCUT2D eigenvalue weighted by atomic mass is 10.2. The van der Waals surface area contributed by atoms with Gasteiger partial charge in [-0.05, 0) is 53.8 Å². The van der Waals surface area contributed by atoms with Gasteiger partial charge in [-0.2, -0.15) is 0 Å². The van der Waals surface area contributed by atoms with E-state index >= 15 is 0 Å². The highest BCUT2D eigenvalue weighted by molar-refractivity contribution is 7.98. The average molecular weight is 341 g/mol. The number of aryl methyl sites for hydroxylation is 1. The number of aromatic nitrogens is 2. The molecule has 0 spiro atoms. The molecule has 0 aliphatic rings. The smallest absolute Gasteiger partial charge is 0.259 e. The molecule has 0 unspecified atom stereocenters. The van der Waals surface area contributed by atoms with E-state index in [1.54, 1.807) is 42.5 Å². The van der Waals surface area contributed by atoms with E-state index in [4.69, 9.17) is 0 Å². The van der Waals surface area contributed by atoms with Crippen LogP contribution in [0, 0.1) is 6.92 Å². The highest BCUT2D eigenvalue weighted by Gasteiger charge is 2.14. The molecule has 0 radical (unpaired) electrons. The van der Waals surface area contributed by atoms with Crippen LogP contribution in [0.15, 0.2) is 59.3 Å². The van der Waals surface area contributed by atoms with E-state index in [0.717, 1.165) is 26.9 Å². The summed E-state index contributed by atoms with van der Waals surface area (Å²) >= 11 is 3.07. The second-order valence-corrected chi connectivity index (χ2v) is 6.77. The van der Waals surface area contributed by atoms with E-state index in [-0.39, 0.29) is 5.91 Å². The molecule has 3 aromatic rings. The molecule has 0 atom stereocenters. The highest BCUT2D eigenvalue weighted by atomic mass is 32.2. The van der Waals surface area contributed by atoms with Gasteiger partial charge in [0.05, 0.1) is 10.6 Å². The first-order valence-corrected chi connectivity index (χ1v) is 8.93. The van der Waals surface area contributed by atoms with Crippen LogP contribution < -0.4 is 5.32 Å². The summed E-state index contributed by atoms with van der Waals surface area (Å²) in [5.74, 6) is 0.624. The molecule has 0 fully saturated rings. The van der Waals surface area contributed by atoms with Crippen molar-refractivity contribution in [2.24, 2.45) is 0 Å². The number of anilines is 1. The Morgan fingerprint density at radius 1 is 1.22 bits per heavy atom. The zero-order valence-electron chi connectivity index (χ0n) is 12.5. The van der Waals surface area contributed by atoms with E-state index in [1.165, 1.54) is 11.3 Å². The average Bonchev–Trinajstić information content (AvgIpc) is 2.99. The molecule has 116 valence electrons. The molecule has 0 bridgehead atoms. The van der Waals surface area contributed by atoms with Gasteiger partial charge in [0.25, 0.3) is 5.91 Å². The quantitative estimate of drug-likeness (QED) is 0.699. The molecule has 0 aliphatic carbocycles. The van der Waals surface area contributed by atoms with Crippen LogP contribution in [0.5, 0.6) is 0 Å². The van der Waals surface area contributed by atoms with Crippen molar-refractivity contribution in [2.75, 3.05) is 5.32 Å². The molecule has 6 heteroatoms. The molecule has 3 rings (SSSR count). The van der Waals surface area contributed by atoms with Gasteiger partial charge in [0, 0.05) is 24.3 Å². The van der Waals surface area contributed by atoms with E-state index in [0.29, 0.717) is 5.56 Å². The molecule has 0 aromatic carbocycles. The maximum atomic E-state index is 12.5. The number of carbonyl (C=O) groups is 1. The number of thiophene rings is 1. The van der Waals surface area contributed by atoms with Crippen LogP contribution in [0.25, 0.3) is 0 Å². The first-order valence-electron chi connectivity index (χ1n) is 7.06. The van der Waals surface area contributed by atoms with Crippen molar-refractivity contribution in [1.29, 1.82) is 0 Å². The second kappa shape index (κ2) is 7.39. The van der Waals surface area contributed by atoms with Crippen LogP contribution >= 0.6 is 23.1 Å². The van der Waals surface area contributed by atoms with Gasteiger partial charge in [-0.15, -0.1) is 23.1 Å². The van der Waals surface area contributed by atoms with Crippen LogP contribution in [0.4, 0.5) is 5.00 Å². The van der Waals surface area contributed by atoms with Gasteiger partial charge < -0.3 is 5.32 Å². The Kier molecular flexibility index (Phi) is 5.05. The number of nitrogens with zero attached hydrogens (tertiary/aromatic N) is 2. The molecule has 1 amide bonds. The van der Waals surface area contributed by atoms with Crippen molar-refractivity contribution in [3.8, 4) is 0 Å². The van der Waals surface area contributed by atoms with Crippen LogP contribution in [-0.2, 0) is 5.75 Å². The number of hydrogen-bond donors (Lipinski definition) is 1. The number of rotatable bonds is 5. The Morgan fingerprint density at radius 3 is 2.78 bits per heavy atom. The summed E-state index contributed by atoms with van der Waals surface area (Å²) in [4.78, 5) is 20.9. The Morgan fingerprint density at radius 2 is 2.04 bits per heavy atom. The third kappa shape index (κ3) is 3.97. The predicted octanol–water partition coefficient (Wildman–Crippen LogP) is 4.39. The Labute approximate surface area is 143 Å². The van der Waals surface area contributed by atoms with E-state index in [2.05, 4.69) is 15.3 Å². The summed E-state index contributed by atoms with van der Waals surface area (Å²) < 4.78 is 0. The normalized spacial score (nSPS) is 10.5. The molecule has 3 aromatic heterocycles. The fourth-order valence-corrected chi connectivity index (χ4v) is 3.74. The molecular formula is C17H15N3OS2. The lowest BCUT2D eigenvalue weighted by molar-refractivity contribution is 0.102. The van der Waals surface area contributed by atoms with Gasteiger partial charge in [0.15, 0.2) is 0 Å². The third-order valence-electron chi connectivity index (χ3n) is 3.23. The minimum Gasteiger partial charge on any atom is -0.313 e. The van der Waals surface area contributed by atoms with Crippen molar-refractivity contribution >= 4 is 34.0 Å². The molecular weight excluding hydrogens is 326 g/mol. The summed E-state index contributed by atoms with van der Waals surface area (Å²) in [7, 11) is 0. The molecule has 0 aliphatic heterocycles. The Bertz CT molecular complexity index is 802.